The average molecular weight is 401 g/mol. The first kappa shape index (κ1) is 21.0. The zero-order chi connectivity index (χ0) is 20.5. The van der Waals surface area contributed by atoms with Crippen molar-refractivity contribution in [3.05, 3.63) is 46.9 Å². The number of benzene rings is 1. The second-order valence-electron chi connectivity index (χ2n) is 6.29. The molecule has 0 saturated carbocycles. The van der Waals surface area contributed by atoms with Crippen LogP contribution in [0.2, 0.25) is 0 Å². The molecule has 7 nitrogen and oxygen atoms in total. The highest BCUT2D eigenvalue weighted by Gasteiger charge is 2.30. The Balaban J connectivity index is 2.17. The number of carbonyl (C=O) groups is 1. The van der Waals surface area contributed by atoms with Gasteiger partial charge in [0.05, 0.1) is 12.1 Å². The van der Waals surface area contributed by atoms with Gasteiger partial charge in [-0.1, -0.05) is 11.2 Å². The first-order chi connectivity index (χ1) is 12.5. The van der Waals surface area contributed by atoms with E-state index in [2.05, 4.69) is 9.88 Å². The Morgan fingerprint density at radius 3 is 2.37 bits per heavy atom. The van der Waals surface area contributed by atoms with Gasteiger partial charge in [0.15, 0.2) is 17.4 Å². The number of halogens is 2. The third kappa shape index (κ3) is 4.33. The molecular weight excluding hydrogens is 380 g/mol. The molecular formula is C17H21F2N3O4S. The predicted octanol–water partition coefficient (Wildman–Crippen LogP) is 2.46. The fraction of sp³-hybridized carbons (Fsp3) is 0.412. The summed E-state index contributed by atoms with van der Waals surface area (Å²) in [6.45, 7) is 5.96. The molecule has 0 bridgehead atoms. The number of likely N-dealkylation sites (N-methyl/N-ethyl adjacent to an activating group) is 1. The minimum absolute atomic E-state index is 0.113. The SMILES string of the molecule is Cc1noc(C)c1S(=O)(=O)N[C@@H](C)C(=O)N(C)C(C)c1ccc(F)c(F)c1. The number of aromatic nitrogens is 1. The van der Waals surface area contributed by atoms with Crippen molar-refractivity contribution in [2.24, 2.45) is 0 Å². The van der Waals surface area contributed by atoms with Gasteiger partial charge in [-0.05, 0) is 45.4 Å². The molecule has 1 heterocycles. The number of amides is 1. The van der Waals surface area contributed by atoms with Crippen LogP contribution in [-0.2, 0) is 14.8 Å². The molecule has 1 unspecified atom stereocenters. The lowest BCUT2D eigenvalue weighted by atomic mass is 10.1. The normalized spacial score (nSPS) is 14.0. The molecule has 27 heavy (non-hydrogen) atoms. The van der Waals surface area contributed by atoms with Crippen LogP contribution in [0.25, 0.3) is 0 Å². The summed E-state index contributed by atoms with van der Waals surface area (Å²) < 4.78 is 58.7. The van der Waals surface area contributed by atoms with Crippen LogP contribution in [0.15, 0.2) is 27.6 Å². The van der Waals surface area contributed by atoms with Crippen molar-refractivity contribution < 1.29 is 26.5 Å². The average Bonchev–Trinajstić information content (AvgIpc) is 2.94. The Bertz CT molecular complexity index is 940. The molecule has 0 fully saturated rings. The van der Waals surface area contributed by atoms with E-state index < -0.39 is 39.6 Å². The van der Waals surface area contributed by atoms with E-state index in [4.69, 9.17) is 4.52 Å². The highest BCUT2D eigenvalue weighted by molar-refractivity contribution is 7.89. The highest BCUT2D eigenvalue weighted by atomic mass is 32.2. The molecule has 2 rings (SSSR count). The summed E-state index contributed by atoms with van der Waals surface area (Å²) in [5.74, 6) is -2.43. The van der Waals surface area contributed by atoms with Crippen molar-refractivity contribution in [2.45, 2.75) is 44.7 Å². The Morgan fingerprint density at radius 2 is 1.85 bits per heavy atom. The van der Waals surface area contributed by atoms with Crippen molar-refractivity contribution in [2.75, 3.05) is 7.05 Å². The number of sulfonamides is 1. The summed E-state index contributed by atoms with van der Waals surface area (Å²) in [6, 6.07) is 1.65. The lowest BCUT2D eigenvalue weighted by Gasteiger charge is -2.28. The second kappa shape index (κ2) is 7.73. The molecule has 0 spiro atoms. The van der Waals surface area contributed by atoms with E-state index in [1.807, 2.05) is 0 Å². The van der Waals surface area contributed by atoms with E-state index in [1.165, 1.54) is 38.8 Å². The number of hydrogen-bond acceptors (Lipinski definition) is 5. The van der Waals surface area contributed by atoms with E-state index in [1.54, 1.807) is 6.92 Å². The van der Waals surface area contributed by atoms with Gasteiger partial charge in [-0.15, -0.1) is 0 Å². The number of hydrogen-bond donors (Lipinski definition) is 1. The number of nitrogens with zero attached hydrogens (tertiary/aromatic N) is 2. The third-order valence-corrected chi connectivity index (χ3v) is 6.08. The molecule has 148 valence electrons. The Hall–Kier alpha value is -2.33. The van der Waals surface area contributed by atoms with E-state index in [-0.39, 0.29) is 16.3 Å². The molecule has 2 aromatic rings. The third-order valence-electron chi connectivity index (χ3n) is 4.29. The monoisotopic (exact) mass is 401 g/mol. The van der Waals surface area contributed by atoms with Crippen LogP contribution in [-0.4, -0.2) is 37.5 Å². The predicted molar refractivity (Wildman–Crippen MR) is 93.3 cm³/mol. The summed E-state index contributed by atoms with van der Waals surface area (Å²) in [4.78, 5) is 13.8. The molecule has 0 radical (unpaired) electrons. The number of rotatable bonds is 6. The molecule has 2 atom stereocenters. The first-order valence-corrected chi connectivity index (χ1v) is 9.60. The Morgan fingerprint density at radius 1 is 1.22 bits per heavy atom. The van der Waals surface area contributed by atoms with Gasteiger partial charge in [-0.25, -0.2) is 17.2 Å². The van der Waals surface area contributed by atoms with Crippen LogP contribution in [0, 0.1) is 25.5 Å². The van der Waals surface area contributed by atoms with Crippen LogP contribution >= 0.6 is 0 Å². The summed E-state index contributed by atoms with van der Waals surface area (Å²) in [5.41, 5.74) is 0.564. The molecule has 0 aliphatic heterocycles. The van der Waals surface area contributed by atoms with Gasteiger partial charge in [0.25, 0.3) is 0 Å². The van der Waals surface area contributed by atoms with Gasteiger partial charge in [-0.3, -0.25) is 4.79 Å². The zero-order valence-electron chi connectivity index (χ0n) is 15.6. The van der Waals surface area contributed by atoms with E-state index in [0.717, 1.165) is 12.1 Å². The summed E-state index contributed by atoms with van der Waals surface area (Å²) in [7, 11) is -2.57. The molecule has 1 aromatic heterocycles. The van der Waals surface area contributed by atoms with Gasteiger partial charge in [0.2, 0.25) is 15.9 Å². The van der Waals surface area contributed by atoms with E-state index in [0.29, 0.717) is 5.56 Å². The quantitative estimate of drug-likeness (QED) is 0.803. The van der Waals surface area contributed by atoms with Gasteiger partial charge in [0, 0.05) is 7.05 Å². The maximum absolute atomic E-state index is 13.4. The number of aryl methyl sites for hydroxylation is 2. The largest absolute Gasteiger partial charge is 0.360 e. The van der Waals surface area contributed by atoms with Gasteiger partial charge >= 0.3 is 0 Å². The van der Waals surface area contributed by atoms with Crippen molar-refractivity contribution >= 4 is 15.9 Å². The lowest BCUT2D eigenvalue weighted by Crippen LogP contribution is -2.46. The molecule has 0 saturated heterocycles. The topological polar surface area (TPSA) is 92.5 Å². The van der Waals surface area contributed by atoms with E-state index in [9.17, 15) is 22.0 Å². The summed E-state index contributed by atoms with van der Waals surface area (Å²) in [6.07, 6.45) is 0. The van der Waals surface area contributed by atoms with Crippen molar-refractivity contribution in [3.63, 3.8) is 0 Å². The van der Waals surface area contributed by atoms with Crippen molar-refractivity contribution in [1.29, 1.82) is 0 Å². The zero-order valence-corrected chi connectivity index (χ0v) is 16.4. The number of carbonyl (C=O) groups excluding carboxylic acids is 1. The molecule has 1 N–H and O–H groups in total. The summed E-state index contributed by atoms with van der Waals surface area (Å²) in [5, 5.41) is 3.60. The minimum Gasteiger partial charge on any atom is -0.360 e. The molecule has 0 aliphatic carbocycles. The summed E-state index contributed by atoms with van der Waals surface area (Å²) >= 11 is 0. The van der Waals surface area contributed by atoms with Crippen LogP contribution < -0.4 is 4.72 Å². The van der Waals surface area contributed by atoms with Crippen molar-refractivity contribution in [3.8, 4) is 0 Å². The van der Waals surface area contributed by atoms with Crippen LogP contribution in [0.5, 0.6) is 0 Å². The molecule has 10 heteroatoms. The van der Waals surface area contributed by atoms with Crippen LogP contribution in [0.4, 0.5) is 8.78 Å². The minimum atomic E-state index is -4.02. The van der Waals surface area contributed by atoms with Crippen molar-refractivity contribution in [1.82, 2.24) is 14.8 Å². The van der Waals surface area contributed by atoms with Gasteiger partial charge < -0.3 is 9.42 Å². The fourth-order valence-corrected chi connectivity index (χ4v) is 4.22. The maximum Gasteiger partial charge on any atom is 0.246 e. The molecule has 0 aliphatic rings. The van der Waals surface area contributed by atoms with Crippen LogP contribution in [0.1, 0.15) is 36.9 Å². The lowest BCUT2D eigenvalue weighted by molar-refractivity contribution is -0.133. The fourth-order valence-electron chi connectivity index (χ4n) is 2.69. The van der Waals surface area contributed by atoms with E-state index >= 15 is 0 Å². The Kier molecular flexibility index (Phi) is 6.01. The van der Waals surface area contributed by atoms with Gasteiger partial charge in [-0.2, -0.15) is 4.72 Å². The molecule has 1 aromatic carbocycles. The Labute approximate surface area is 156 Å². The second-order valence-corrected chi connectivity index (χ2v) is 7.95. The van der Waals surface area contributed by atoms with Crippen LogP contribution in [0.3, 0.4) is 0 Å². The van der Waals surface area contributed by atoms with Gasteiger partial charge in [0.1, 0.15) is 10.6 Å². The first-order valence-electron chi connectivity index (χ1n) is 8.12. The molecule has 1 amide bonds. The number of nitrogens with one attached hydrogen (secondary N) is 1. The standard InChI is InChI=1S/C17H21F2N3O4S/c1-9-16(12(4)26-20-9)27(24,25)21-10(2)17(23)22(5)11(3)13-6-7-14(18)15(19)8-13/h6-8,10-11,21H,1-5H3/t10-,11?/m0/s1. The maximum atomic E-state index is 13.4. The smallest absolute Gasteiger partial charge is 0.246 e. The highest BCUT2D eigenvalue weighted by Crippen LogP contribution is 2.23.